The Bertz CT molecular complexity index is 426. The van der Waals surface area contributed by atoms with Crippen LogP contribution in [0.15, 0.2) is 5.38 Å². The smallest absolute Gasteiger partial charge is 0.153 e. The third kappa shape index (κ3) is 4.59. The van der Waals surface area contributed by atoms with Crippen LogP contribution in [0.5, 0.6) is 0 Å². The number of thiazole rings is 1. The quantitative estimate of drug-likeness (QED) is 0.842. The molecular weight excluding hydrogens is 244 g/mol. The van der Waals surface area contributed by atoms with Gasteiger partial charge in [-0.1, -0.05) is 13.8 Å². The van der Waals surface area contributed by atoms with E-state index in [4.69, 9.17) is 0 Å². The van der Waals surface area contributed by atoms with Crippen LogP contribution in [0.4, 0.5) is 0 Å². The molecule has 0 bridgehead atoms. The predicted octanol–water partition coefficient (Wildman–Crippen LogP) is 1.40. The molecule has 92 valence electrons. The SMILES string of the molecule is CCNCC(C)c1csc(CS(C)(=O)=O)n1. The van der Waals surface area contributed by atoms with Crippen LogP contribution in [-0.4, -0.2) is 32.7 Å². The van der Waals surface area contributed by atoms with Crippen LogP contribution in [0.2, 0.25) is 0 Å². The maximum Gasteiger partial charge on any atom is 0.153 e. The fourth-order valence-corrected chi connectivity index (χ4v) is 3.43. The Morgan fingerprint density at radius 3 is 2.81 bits per heavy atom. The molecule has 1 N–H and O–H groups in total. The summed E-state index contributed by atoms with van der Waals surface area (Å²) in [5.74, 6) is 0.371. The molecule has 16 heavy (non-hydrogen) atoms. The topological polar surface area (TPSA) is 59.1 Å². The normalized spacial score (nSPS) is 13.9. The van der Waals surface area contributed by atoms with E-state index in [2.05, 4.69) is 24.1 Å². The van der Waals surface area contributed by atoms with Crippen LogP contribution in [-0.2, 0) is 15.6 Å². The summed E-state index contributed by atoms with van der Waals surface area (Å²) >= 11 is 1.42. The zero-order valence-electron chi connectivity index (χ0n) is 9.86. The summed E-state index contributed by atoms with van der Waals surface area (Å²) in [6, 6.07) is 0. The zero-order chi connectivity index (χ0) is 12.2. The van der Waals surface area contributed by atoms with Gasteiger partial charge in [0.1, 0.15) is 10.8 Å². The molecule has 0 aliphatic rings. The van der Waals surface area contributed by atoms with E-state index in [-0.39, 0.29) is 5.75 Å². The predicted molar refractivity (Wildman–Crippen MR) is 67.6 cm³/mol. The van der Waals surface area contributed by atoms with Crippen LogP contribution in [0.3, 0.4) is 0 Å². The first-order valence-electron chi connectivity index (χ1n) is 5.25. The molecule has 0 aliphatic heterocycles. The average Bonchev–Trinajstić information content (AvgIpc) is 2.59. The number of nitrogens with one attached hydrogen (secondary N) is 1. The third-order valence-corrected chi connectivity index (χ3v) is 4.01. The highest BCUT2D eigenvalue weighted by molar-refractivity contribution is 7.90. The molecule has 1 atom stereocenters. The van der Waals surface area contributed by atoms with E-state index in [1.807, 2.05) is 5.38 Å². The third-order valence-electron chi connectivity index (χ3n) is 2.16. The zero-order valence-corrected chi connectivity index (χ0v) is 11.5. The fourth-order valence-electron chi connectivity index (χ4n) is 1.31. The number of hydrogen-bond acceptors (Lipinski definition) is 5. The molecule has 0 spiro atoms. The molecule has 0 amide bonds. The van der Waals surface area contributed by atoms with Crippen molar-refractivity contribution in [2.75, 3.05) is 19.3 Å². The first-order chi connectivity index (χ1) is 7.42. The number of hydrogen-bond donors (Lipinski definition) is 1. The lowest BCUT2D eigenvalue weighted by molar-refractivity contribution is 0.600. The monoisotopic (exact) mass is 262 g/mol. The van der Waals surface area contributed by atoms with Gasteiger partial charge >= 0.3 is 0 Å². The minimum absolute atomic E-state index is 0.0472. The van der Waals surface area contributed by atoms with Gasteiger partial charge in [-0.05, 0) is 6.54 Å². The second-order valence-corrected chi connectivity index (χ2v) is 7.03. The molecule has 0 aromatic carbocycles. The lowest BCUT2D eigenvalue weighted by atomic mass is 10.1. The van der Waals surface area contributed by atoms with Crippen molar-refractivity contribution in [2.45, 2.75) is 25.5 Å². The van der Waals surface area contributed by atoms with Crippen molar-refractivity contribution in [3.63, 3.8) is 0 Å². The van der Waals surface area contributed by atoms with E-state index in [1.54, 1.807) is 0 Å². The Labute approximate surface area is 101 Å². The molecule has 0 saturated carbocycles. The molecular formula is C10H18N2O2S2. The standard InChI is InChI=1S/C10H18N2O2S2/c1-4-11-5-8(2)9-6-15-10(12-9)7-16(3,13)14/h6,8,11H,4-5,7H2,1-3H3. The maximum atomic E-state index is 11.1. The fraction of sp³-hybridized carbons (Fsp3) is 0.700. The summed E-state index contributed by atoms with van der Waals surface area (Å²) in [6.45, 7) is 5.95. The highest BCUT2D eigenvalue weighted by Gasteiger charge is 2.12. The number of aromatic nitrogens is 1. The Hall–Kier alpha value is -0.460. The number of likely N-dealkylation sites (N-methyl/N-ethyl adjacent to an activating group) is 1. The molecule has 6 heteroatoms. The lowest BCUT2D eigenvalue weighted by Gasteiger charge is -2.08. The van der Waals surface area contributed by atoms with Gasteiger partial charge in [-0.15, -0.1) is 11.3 Å². The second kappa shape index (κ2) is 5.75. The average molecular weight is 262 g/mol. The van der Waals surface area contributed by atoms with Crippen molar-refractivity contribution in [3.05, 3.63) is 16.1 Å². The van der Waals surface area contributed by atoms with Crippen LogP contribution < -0.4 is 5.32 Å². The largest absolute Gasteiger partial charge is 0.316 e. The van der Waals surface area contributed by atoms with Gasteiger partial charge in [-0.2, -0.15) is 0 Å². The first kappa shape index (κ1) is 13.6. The van der Waals surface area contributed by atoms with Gasteiger partial charge in [0.15, 0.2) is 9.84 Å². The molecule has 1 heterocycles. The van der Waals surface area contributed by atoms with E-state index in [9.17, 15) is 8.42 Å². The maximum absolute atomic E-state index is 11.1. The van der Waals surface area contributed by atoms with E-state index in [0.717, 1.165) is 18.8 Å². The summed E-state index contributed by atoms with van der Waals surface area (Å²) in [7, 11) is -2.97. The summed E-state index contributed by atoms with van der Waals surface area (Å²) in [5.41, 5.74) is 0.976. The molecule has 1 unspecified atom stereocenters. The first-order valence-corrected chi connectivity index (χ1v) is 8.19. The highest BCUT2D eigenvalue weighted by atomic mass is 32.2. The number of nitrogens with zero attached hydrogens (tertiary/aromatic N) is 1. The summed E-state index contributed by atoms with van der Waals surface area (Å²) in [6.07, 6.45) is 1.23. The Morgan fingerprint density at radius 2 is 2.25 bits per heavy atom. The van der Waals surface area contributed by atoms with Crippen molar-refractivity contribution >= 4 is 21.2 Å². The molecule has 0 saturated heterocycles. The number of sulfone groups is 1. The highest BCUT2D eigenvalue weighted by Crippen LogP contribution is 2.19. The molecule has 1 aromatic heterocycles. The molecule has 0 radical (unpaired) electrons. The van der Waals surface area contributed by atoms with Crippen molar-refractivity contribution in [2.24, 2.45) is 0 Å². The van der Waals surface area contributed by atoms with Gasteiger partial charge in [0, 0.05) is 24.1 Å². The van der Waals surface area contributed by atoms with Crippen LogP contribution in [0.25, 0.3) is 0 Å². The van der Waals surface area contributed by atoms with Crippen molar-refractivity contribution < 1.29 is 8.42 Å². The lowest BCUT2D eigenvalue weighted by Crippen LogP contribution is -2.19. The summed E-state index contributed by atoms with van der Waals surface area (Å²) < 4.78 is 22.2. The van der Waals surface area contributed by atoms with E-state index >= 15 is 0 Å². The van der Waals surface area contributed by atoms with Gasteiger partial charge in [-0.25, -0.2) is 13.4 Å². The van der Waals surface area contributed by atoms with Crippen molar-refractivity contribution in [3.8, 4) is 0 Å². The van der Waals surface area contributed by atoms with Gasteiger partial charge in [0.25, 0.3) is 0 Å². The minimum Gasteiger partial charge on any atom is -0.316 e. The van der Waals surface area contributed by atoms with Crippen molar-refractivity contribution in [1.29, 1.82) is 0 Å². The van der Waals surface area contributed by atoms with E-state index < -0.39 is 9.84 Å². The van der Waals surface area contributed by atoms with E-state index in [1.165, 1.54) is 17.6 Å². The molecule has 0 fully saturated rings. The van der Waals surface area contributed by atoms with Gasteiger partial charge in [0.05, 0.1) is 5.69 Å². The van der Waals surface area contributed by atoms with Crippen molar-refractivity contribution in [1.82, 2.24) is 10.3 Å². The minimum atomic E-state index is -2.97. The van der Waals surface area contributed by atoms with Gasteiger partial charge in [-0.3, -0.25) is 0 Å². The molecule has 1 rings (SSSR count). The van der Waals surface area contributed by atoms with Crippen LogP contribution in [0.1, 0.15) is 30.5 Å². The number of rotatable bonds is 6. The van der Waals surface area contributed by atoms with E-state index in [0.29, 0.717) is 10.9 Å². The molecule has 4 nitrogen and oxygen atoms in total. The Balaban J connectivity index is 2.64. The van der Waals surface area contributed by atoms with Gasteiger partial charge in [0.2, 0.25) is 0 Å². The second-order valence-electron chi connectivity index (χ2n) is 3.94. The van der Waals surface area contributed by atoms with Gasteiger partial charge < -0.3 is 5.32 Å². The summed E-state index contributed by atoms with van der Waals surface area (Å²) in [4.78, 5) is 4.35. The molecule has 0 aliphatic carbocycles. The molecule has 1 aromatic rings. The van der Waals surface area contributed by atoms with Crippen LogP contribution in [0, 0.1) is 0 Å². The Morgan fingerprint density at radius 1 is 1.56 bits per heavy atom. The summed E-state index contributed by atoms with van der Waals surface area (Å²) in [5, 5.41) is 5.88. The van der Waals surface area contributed by atoms with Crippen LogP contribution >= 0.6 is 11.3 Å². The Kier molecular flexibility index (Phi) is 4.89.